The Morgan fingerprint density at radius 3 is 0.800 bits per heavy atom. The van der Waals surface area contributed by atoms with Gasteiger partial charge in [0.05, 0.1) is 0 Å². The van der Waals surface area contributed by atoms with Gasteiger partial charge >= 0.3 is 97.8 Å². The van der Waals surface area contributed by atoms with Crippen molar-refractivity contribution in [2.45, 2.75) is 0 Å². The Balaban J connectivity index is -0.000000245. The molecule has 0 aromatic heterocycles. The topological polar surface area (TPSA) is 126 Å². The van der Waals surface area contributed by atoms with Gasteiger partial charge in [0, 0.05) is 0 Å². The fourth-order valence-electron chi connectivity index (χ4n) is 0. The van der Waals surface area contributed by atoms with Gasteiger partial charge in [-0.15, -0.1) is 0 Å². The van der Waals surface area contributed by atoms with Gasteiger partial charge in [0.15, 0.2) is 0 Å². The average Bonchev–Trinajstić information content (AvgIpc) is 1.25. The fraction of sp³-hybridized carbons (Fsp3) is 0. The van der Waals surface area contributed by atoms with Crippen molar-refractivity contribution in [3.05, 3.63) is 0 Å². The van der Waals surface area contributed by atoms with E-state index < -0.39 is 14.6 Å². The van der Waals surface area contributed by atoms with Crippen molar-refractivity contribution >= 4 is 112 Å². The maximum atomic E-state index is 9.24. The molecule has 0 heterocycles. The summed E-state index contributed by atoms with van der Waals surface area (Å²) in [5.74, 6) is 0. The Morgan fingerprint density at radius 1 is 0.700 bits per heavy atom. The van der Waals surface area contributed by atoms with Crippen LogP contribution in [-0.4, -0.2) is 97.8 Å². The van der Waals surface area contributed by atoms with Crippen LogP contribution in [0.2, 0.25) is 0 Å². The molecule has 0 aliphatic carbocycles. The van der Waals surface area contributed by atoms with Gasteiger partial charge in [-0.1, -0.05) is 0 Å². The van der Waals surface area contributed by atoms with Crippen LogP contribution in [-0.2, 0) is 9.13 Å². The molecule has 0 N–H and O–H groups in total. The largest absolute Gasteiger partial charge is 2.00 e. The van der Waals surface area contributed by atoms with E-state index in [4.69, 9.17) is 0 Å². The summed E-state index contributed by atoms with van der Waals surface area (Å²) < 4.78 is 18.5. The maximum Gasteiger partial charge on any atom is 2.00 e. The molecule has 0 saturated carbocycles. The van der Waals surface area contributed by atoms with Crippen molar-refractivity contribution in [2.75, 3.05) is 0 Å². The second-order valence-corrected chi connectivity index (χ2v) is 5.75. The van der Waals surface area contributed by atoms with Crippen LogP contribution in [0.15, 0.2) is 0 Å². The molecule has 0 spiro atoms. The molecular weight excluding hydrogens is 433 g/mol. The molecule has 0 rings (SSSR count). The average molecular weight is 433 g/mol. The molecule has 6 nitrogen and oxygen atoms in total. The first-order chi connectivity index (χ1) is 3.25. The zero-order valence-corrected chi connectivity index (χ0v) is 15.4. The molecule has 0 saturated heterocycles. The van der Waals surface area contributed by atoms with Gasteiger partial charge in [0.25, 0.3) is 0 Å². The number of rotatable bonds is 1. The van der Waals surface area contributed by atoms with Crippen LogP contribution in [0, 0.1) is 0 Å². The third-order valence-corrected chi connectivity index (χ3v) is 2.70. The first-order valence-corrected chi connectivity index (χ1v) is 5.09. The van der Waals surface area contributed by atoms with Gasteiger partial charge in [0.1, 0.15) is 0 Å². The van der Waals surface area contributed by atoms with Crippen LogP contribution in [0.3, 0.4) is 0 Å². The zero-order valence-electron chi connectivity index (χ0n) is 4.76. The van der Waals surface area contributed by atoms with Crippen molar-refractivity contribution in [2.24, 2.45) is 0 Å². The van der Waals surface area contributed by atoms with Crippen molar-refractivity contribution in [3.8, 4) is 0 Å². The molecule has 0 aromatic carbocycles. The van der Waals surface area contributed by atoms with Crippen LogP contribution < -0.4 is 19.6 Å². The summed E-state index contributed by atoms with van der Waals surface area (Å²) in [7, 11) is -11.8. The van der Waals surface area contributed by atoms with Crippen LogP contribution in [0.5, 0.6) is 0 Å². The van der Waals surface area contributed by atoms with Crippen molar-refractivity contribution in [1.82, 2.24) is 0 Å². The number of hydrogen-bond donors (Lipinski definition) is 0. The molecular formula is Ba2O6P2. The SMILES string of the molecule is O=P([O-])([O-])P(=O)([O-])[O-].[Ba+2].[Ba+2]. The molecule has 10 heavy (non-hydrogen) atoms. The van der Waals surface area contributed by atoms with E-state index in [2.05, 4.69) is 0 Å². The summed E-state index contributed by atoms with van der Waals surface area (Å²) in [5, 5.41) is 0. The summed E-state index contributed by atoms with van der Waals surface area (Å²) in [6.07, 6.45) is 0. The van der Waals surface area contributed by atoms with Crippen molar-refractivity contribution in [1.29, 1.82) is 0 Å². The van der Waals surface area contributed by atoms with E-state index in [0.29, 0.717) is 0 Å². The standard InChI is InChI=1S/2Ba.H4O6P2/c;;1-7(2,3)8(4,5)6/h;;(H2,1,2,3)(H2,4,5,6)/q2*+2;/p-4. The van der Waals surface area contributed by atoms with Gasteiger partial charge in [-0.3, -0.25) is 0 Å². The minimum absolute atomic E-state index is 0. The van der Waals surface area contributed by atoms with E-state index >= 15 is 0 Å². The Kier molecular flexibility index (Phi) is 13.0. The van der Waals surface area contributed by atoms with Crippen molar-refractivity contribution < 1.29 is 28.7 Å². The minimum Gasteiger partial charge on any atom is -0.807 e. The van der Waals surface area contributed by atoms with E-state index in [1.165, 1.54) is 0 Å². The molecule has 0 amide bonds. The van der Waals surface area contributed by atoms with Gasteiger partial charge in [-0.25, -0.2) is 0 Å². The molecule has 0 aliphatic rings. The molecule has 0 radical (unpaired) electrons. The Morgan fingerprint density at radius 2 is 0.800 bits per heavy atom. The maximum absolute atomic E-state index is 9.24. The second-order valence-electron chi connectivity index (χ2n) is 0.937. The Labute approximate surface area is 138 Å². The predicted octanol–water partition coefficient (Wildman–Crippen LogP) is -4.03. The van der Waals surface area contributed by atoms with E-state index in [9.17, 15) is 28.7 Å². The number of hydrogen-bond acceptors (Lipinski definition) is 6. The third-order valence-electron chi connectivity index (χ3n) is 0.300. The Bertz CT molecular complexity index is 143. The van der Waals surface area contributed by atoms with Crippen LogP contribution >= 0.6 is 14.6 Å². The van der Waals surface area contributed by atoms with Crippen LogP contribution in [0.4, 0.5) is 0 Å². The molecule has 0 atom stereocenters. The van der Waals surface area contributed by atoms with E-state index in [1.54, 1.807) is 0 Å². The van der Waals surface area contributed by atoms with E-state index in [-0.39, 0.29) is 97.8 Å². The quantitative estimate of drug-likeness (QED) is 0.307. The van der Waals surface area contributed by atoms with E-state index in [1.807, 2.05) is 0 Å². The van der Waals surface area contributed by atoms with Gasteiger partial charge in [0.2, 0.25) is 0 Å². The van der Waals surface area contributed by atoms with Crippen molar-refractivity contribution in [3.63, 3.8) is 0 Å². The van der Waals surface area contributed by atoms with Crippen LogP contribution in [0.1, 0.15) is 0 Å². The molecule has 0 aromatic rings. The second kappa shape index (κ2) is 6.83. The molecule has 0 fully saturated rings. The minimum atomic E-state index is -5.91. The van der Waals surface area contributed by atoms with E-state index in [0.717, 1.165) is 0 Å². The molecule has 0 aliphatic heterocycles. The van der Waals surface area contributed by atoms with Crippen LogP contribution in [0.25, 0.3) is 0 Å². The van der Waals surface area contributed by atoms with Gasteiger partial charge < -0.3 is 28.7 Å². The molecule has 0 unspecified atom stereocenters. The first-order valence-electron chi connectivity index (χ1n) is 1.30. The first kappa shape index (κ1) is 19.1. The fourth-order valence-corrected chi connectivity index (χ4v) is 0. The third kappa shape index (κ3) is 8.06. The summed E-state index contributed by atoms with van der Waals surface area (Å²) in [5.41, 5.74) is 0. The predicted molar refractivity (Wildman–Crippen MR) is 26.7 cm³/mol. The Hall–Kier alpha value is 3.44. The summed E-state index contributed by atoms with van der Waals surface area (Å²) in [6.45, 7) is 0. The molecule has 0 bridgehead atoms. The van der Waals surface area contributed by atoms with Gasteiger partial charge in [-0.05, 0) is 14.6 Å². The molecule has 10 heteroatoms. The van der Waals surface area contributed by atoms with Gasteiger partial charge in [-0.2, -0.15) is 0 Å². The summed E-state index contributed by atoms with van der Waals surface area (Å²) >= 11 is 0. The summed E-state index contributed by atoms with van der Waals surface area (Å²) in [6, 6.07) is 0. The molecule has 50 valence electrons. The smallest absolute Gasteiger partial charge is 0.807 e. The monoisotopic (exact) mass is 434 g/mol. The normalized spacial score (nSPS) is 11.2. The summed E-state index contributed by atoms with van der Waals surface area (Å²) in [4.78, 5) is 36.9. The zero-order chi connectivity index (χ0) is 7.00.